The number of carbonyl (C=O) groups excluding carboxylic acids is 3. The van der Waals surface area contributed by atoms with Gasteiger partial charge in [0.2, 0.25) is 0 Å². The summed E-state index contributed by atoms with van der Waals surface area (Å²) in [5.41, 5.74) is 0.965. The molecule has 0 heterocycles. The summed E-state index contributed by atoms with van der Waals surface area (Å²) in [5.74, 6) is 0.188. The molecule has 8 heteroatoms. The molecule has 2 rings (SSSR count). The van der Waals surface area contributed by atoms with Gasteiger partial charge in [0.15, 0.2) is 24.2 Å². The lowest BCUT2D eigenvalue weighted by atomic mass is 10.2. The number of hydrogen-bond donors (Lipinski definition) is 1. The number of methoxy groups -OCH3 is 2. The molecule has 0 unspecified atom stereocenters. The molecule has 0 aromatic heterocycles. The fraction of sp³-hybridized carbons (Fsp3) is 0.250. The molecule has 1 atom stereocenters. The molecule has 2 aromatic rings. The van der Waals surface area contributed by atoms with Crippen molar-refractivity contribution in [3.05, 3.63) is 48.0 Å². The molecular weight excluding hydrogens is 366 g/mol. The van der Waals surface area contributed by atoms with Gasteiger partial charge in [-0.3, -0.25) is 9.59 Å². The summed E-state index contributed by atoms with van der Waals surface area (Å²) < 4.78 is 20.6. The molecule has 0 aliphatic carbocycles. The van der Waals surface area contributed by atoms with Crippen LogP contribution in [0, 0.1) is 0 Å². The van der Waals surface area contributed by atoms with Gasteiger partial charge in [-0.05, 0) is 43.3 Å². The van der Waals surface area contributed by atoms with E-state index in [0.717, 1.165) is 0 Å². The average Bonchev–Trinajstić information content (AvgIpc) is 2.72. The van der Waals surface area contributed by atoms with Crippen molar-refractivity contribution in [3.63, 3.8) is 0 Å². The largest absolute Gasteiger partial charge is 0.493 e. The second-order valence-electron chi connectivity index (χ2n) is 5.67. The number of hydrogen-bond acceptors (Lipinski definition) is 7. The molecule has 8 nitrogen and oxygen atoms in total. The van der Waals surface area contributed by atoms with Crippen LogP contribution in [0.5, 0.6) is 17.2 Å². The first-order valence-corrected chi connectivity index (χ1v) is 8.37. The minimum absolute atomic E-state index is 0.367. The molecular formula is C20H21NO7. The number of carbonyl (C=O) groups is 3. The average molecular weight is 387 g/mol. The highest BCUT2D eigenvalue weighted by Crippen LogP contribution is 2.29. The molecule has 2 aromatic carbocycles. The summed E-state index contributed by atoms with van der Waals surface area (Å²) in [5, 5.41) is 2.63. The Balaban J connectivity index is 1.85. The normalized spacial score (nSPS) is 11.1. The molecule has 148 valence electrons. The van der Waals surface area contributed by atoms with E-state index in [1.54, 1.807) is 42.5 Å². The number of ether oxygens (including phenoxy) is 4. The van der Waals surface area contributed by atoms with Gasteiger partial charge in [0.1, 0.15) is 12.0 Å². The molecule has 0 aliphatic heterocycles. The van der Waals surface area contributed by atoms with Gasteiger partial charge in [-0.15, -0.1) is 0 Å². The second-order valence-corrected chi connectivity index (χ2v) is 5.67. The topological polar surface area (TPSA) is 100 Å². The summed E-state index contributed by atoms with van der Waals surface area (Å²) in [4.78, 5) is 34.7. The van der Waals surface area contributed by atoms with Crippen molar-refractivity contribution in [2.45, 2.75) is 13.0 Å². The maximum Gasteiger partial charge on any atom is 0.344 e. The number of rotatable bonds is 9. The smallest absolute Gasteiger partial charge is 0.344 e. The molecule has 0 spiro atoms. The third-order valence-electron chi connectivity index (χ3n) is 3.70. The third-order valence-corrected chi connectivity index (χ3v) is 3.70. The predicted molar refractivity (Wildman–Crippen MR) is 101 cm³/mol. The van der Waals surface area contributed by atoms with Crippen molar-refractivity contribution in [2.75, 3.05) is 26.1 Å². The Morgan fingerprint density at radius 2 is 1.71 bits per heavy atom. The molecule has 0 bridgehead atoms. The number of anilines is 1. The number of nitrogens with one attached hydrogen (secondary N) is 1. The molecule has 0 radical (unpaired) electrons. The van der Waals surface area contributed by atoms with E-state index in [-0.39, 0.29) is 6.61 Å². The van der Waals surface area contributed by atoms with Gasteiger partial charge in [0, 0.05) is 17.3 Å². The van der Waals surface area contributed by atoms with Crippen LogP contribution in [0.25, 0.3) is 0 Å². The summed E-state index contributed by atoms with van der Waals surface area (Å²) in [7, 11) is 3.00. The second kappa shape index (κ2) is 9.96. The van der Waals surface area contributed by atoms with E-state index in [0.29, 0.717) is 34.8 Å². The Kier molecular flexibility index (Phi) is 7.38. The standard InChI is InChI=1S/C20H21NO7/c1-13(20(24)21-15-6-9-17(25-2)18(10-15)26-3)28-19(23)12-27-16-7-4-14(11-22)5-8-16/h4-11,13H,12H2,1-3H3,(H,21,24)/t13-/m1/s1. The molecule has 0 saturated carbocycles. The van der Waals surface area contributed by atoms with Crippen LogP contribution < -0.4 is 19.5 Å². The fourth-order valence-electron chi connectivity index (χ4n) is 2.23. The zero-order valence-corrected chi connectivity index (χ0v) is 15.8. The lowest BCUT2D eigenvalue weighted by Gasteiger charge is -2.15. The van der Waals surface area contributed by atoms with Gasteiger partial charge in [0.05, 0.1) is 14.2 Å². The molecule has 28 heavy (non-hydrogen) atoms. The van der Waals surface area contributed by atoms with Crippen molar-refractivity contribution >= 4 is 23.9 Å². The van der Waals surface area contributed by atoms with E-state index in [2.05, 4.69) is 5.32 Å². The van der Waals surface area contributed by atoms with Gasteiger partial charge >= 0.3 is 5.97 Å². The van der Waals surface area contributed by atoms with E-state index < -0.39 is 18.0 Å². The highest BCUT2D eigenvalue weighted by atomic mass is 16.6. The zero-order chi connectivity index (χ0) is 20.5. The quantitative estimate of drug-likeness (QED) is 0.521. The van der Waals surface area contributed by atoms with Gasteiger partial charge in [0.25, 0.3) is 5.91 Å². The van der Waals surface area contributed by atoms with Crippen LogP contribution in [0.2, 0.25) is 0 Å². The van der Waals surface area contributed by atoms with Crippen LogP contribution in [0.4, 0.5) is 5.69 Å². The zero-order valence-electron chi connectivity index (χ0n) is 15.8. The highest BCUT2D eigenvalue weighted by Gasteiger charge is 2.19. The van der Waals surface area contributed by atoms with E-state index in [1.165, 1.54) is 21.1 Å². The van der Waals surface area contributed by atoms with Gasteiger partial charge < -0.3 is 24.3 Å². The Bertz CT molecular complexity index is 833. The SMILES string of the molecule is COc1ccc(NC(=O)[C@@H](C)OC(=O)COc2ccc(C=O)cc2)cc1OC. The Hall–Kier alpha value is -3.55. The maximum atomic E-state index is 12.2. The van der Waals surface area contributed by atoms with Crippen molar-refractivity contribution in [2.24, 2.45) is 0 Å². The van der Waals surface area contributed by atoms with Crippen LogP contribution in [0.15, 0.2) is 42.5 Å². The molecule has 0 fully saturated rings. The molecule has 0 aliphatic rings. The van der Waals surface area contributed by atoms with E-state index in [9.17, 15) is 14.4 Å². The van der Waals surface area contributed by atoms with Crippen LogP contribution >= 0.6 is 0 Å². The molecule has 0 saturated heterocycles. The first-order valence-electron chi connectivity index (χ1n) is 8.37. The van der Waals surface area contributed by atoms with Crippen molar-refractivity contribution in [1.82, 2.24) is 0 Å². The van der Waals surface area contributed by atoms with E-state index >= 15 is 0 Å². The lowest BCUT2D eigenvalue weighted by molar-refractivity contribution is -0.155. The number of benzene rings is 2. The predicted octanol–water partition coefficient (Wildman–Crippen LogP) is 2.47. The lowest BCUT2D eigenvalue weighted by Crippen LogP contribution is -2.31. The summed E-state index contributed by atoms with van der Waals surface area (Å²) in [6, 6.07) is 11.1. The summed E-state index contributed by atoms with van der Waals surface area (Å²) in [6.07, 6.45) is -0.321. The van der Waals surface area contributed by atoms with Gasteiger partial charge in [-0.1, -0.05) is 0 Å². The minimum atomic E-state index is -1.03. The van der Waals surface area contributed by atoms with Crippen molar-refractivity contribution < 1.29 is 33.3 Å². The minimum Gasteiger partial charge on any atom is -0.493 e. The van der Waals surface area contributed by atoms with E-state index in [4.69, 9.17) is 18.9 Å². The molecule has 1 amide bonds. The van der Waals surface area contributed by atoms with Crippen LogP contribution in [0.1, 0.15) is 17.3 Å². The van der Waals surface area contributed by atoms with Crippen molar-refractivity contribution in [3.8, 4) is 17.2 Å². The molecule has 1 N–H and O–H groups in total. The monoisotopic (exact) mass is 387 g/mol. The summed E-state index contributed by atoms with van der Waals surface area (Å²) in [6.45, 7) is 1.08. The third kappa shape index (κ3) is 5.73. The van der Waals surface area contributed by atoms with Gasteiger partial charge in [-0.2, -0.15) is 0 Å². The van der Waals surface area contributed by atoms with Crippen LogP contribution in [-0.4, -0.2) is 45.1 Å². The maximum absolute atomic E-state index is 12.2. The Morgan fingerprint density at radius 1 is 1.04 bits per heavy atom. The Labute approximate surface area is 162 Å². The number of aldehydes is 1. The number of esters is 1. The van der Waals surface area contributed by atoms with Crippen molar-refractivity contribution in [1.29, 1.82) is 0 Å². The Morgan fingerprint density at radius 3 is 2.32 bits per heavy atom. The number of amides is 1. The highest BCUT2D eigenvalue weighted by molar-refractivity contribution is 5.95. The van der Waals surface area contributed by atoms with Crippen LogP contribution in [-0.2, 0) is 14.3 Å². The fourth-order valence-corrected chi connectivity index (χ4v) is 2.23. The van der Waals surface area contributed by atoms with Gasteiger partial charge in [-0.25, -0.2) is 4.79 Å². The first kappa shape index (κ1) is 20.8. The summed E-state index contributed by atoms with van der Waals surface area (Å²) >= 11 is 0. The van der Waals surface area contributed by atoms with E-state index in [1.807, 2.05) is 0 Å². The first-order chi connectivity index (χ1) is 13.5. The van der Waals surface area contributed by atoms with Crippen LogP contribution in [0.3, 0.4) is 0 Å².